The van der Waals surface area contributed by atoms with Gasteiger partial charge in [-0.3, -0.25) is 14.4 Å². The average molecular weight is 724 g/mol. The zero-order chi connectivity index (χ0) is 39.7. The Balaban J connectivity index is 1.59. The van der Waals surface area contributed by atoms with E-state index in [1.54, 1.807) is 41.5 Å². The number of halogens is 2. The summed E-state index contributed by atoms with van der Waals surface area (Å²) in [6, 6.07) is 3.93. The number of ether oxygens (including phenoxy) is 3. The highest BCUT2D eigenvalue weighted by Crippen LogP contribution is 2.55. The van der Waals surface area contributed by atoms with E-state index in [1.165, 1.54) is 30.1 Å². The largest absolute Gasteiger partial charge is 0.485 e. The zero-order valence-corrected chi connectivity index (χ0v) is 29.8. The number of H-pyrrole nitrogens is 1. The molecule has 2 aliphatic rings. The van der Waals surface area contributed by atoms with Crippen molar-refractivity contribution in [2.45, 2.75) is 89.5 Å². The van der Waals surface area contributed by atoms with Gasteiger partial charge in [-0.05, 0) is 66.5 Å². The molecule has 1 unspecified atom stereocenters. The van der Waals surface area contributed by atoms with Crippen LogP contribution in [0.1, 0.15) is 87.8 Å². The number of hydrogen-bond donors (Lipinski definition) is 2. The Morgan fingerprint density at radius 1 is 1.25 bits per heavy atom. The number of alkyl carbamates (subject to hydrolysis) is 1. The molecule has 1 fully saturated rings. The number of anilines is 1. The summed E-state index contributed by atoms with van der Waals surface area (Å²) in [7, 11) is 1.50. The molecule has 268 valence electrons. The van der Waals surface area contributed by atoms with Gasteiger partial charge in [0.05, 0.1) is 46.2 Å². The van der Waals surface area contributed by atoms with Crippen LogP contribution in [0.5, 0.6) is 5.75 Å². The third kappa shape index (κ3) is 6.80. The predicted molar refractivity (Wildman–Crippen MR) is 186 cm³/mol. The smallest absolute Gasteiger partial charge is 0.415 e. The van der Waals surface area contributed by atoms with Crippen LogP contribution in [-0.2, 0) is 22.4 Å². The Bertz CT molecular complexity index is 2300. The van der Waals surface area contributed by atoms with E-state index >= 15 is 4.39 Å². The lowest BCUT2D eigenvalue weighted by molar-refractivity contribution is 0.0460. The van der Waals surface area contributed by atoms with Gasteiger partial charge in [0.15, 0.2) is 5.82 Å². The van der Waals surface area contributed by atoms with Crippen LogP contribution in [-0.4, -0.2) is 60.9 Å². The fraction of sp³-hybridized carbons (Fsp3) is 0.457. The first kappa shape index (κ1) is 31.7. The average Bonchev–Trinajstić information content (AvgIpc) is 3.66. The maximum atomic E-state index is 16.7. The molecule has 6 rings (SSSR count). The summed E-state index contributed by atoms with van der Waals surface area (Å²) in [5.74, 6) is -1.63. The van der Waals surface area contributed by atoms with Gasteiger partial charge in [-0.15, -0.1) is 11.6 Å². The fourth-order valence-electron chi connectivity index (χ4n) is 6.06. The van der Waals surface area contributed by atoms with E-state index in [1.807, 2.05) is 0 Å². The van der Waals surface area contributed by atoms with Crippen LogP contribution >= 0.6 is 11.6 Å². The maximum absolute atomic E-state index is 16.7. The number of hydrogen-bond acceptors (Lipinski definition) is 10. The number of fused-ring (bicyclic) bond motifs is 2. The van der Waals surface area contributed by atoms with E-state index in [-0.39, 0.29) is 66.6 Å². The Labute approximate surface area is 302 Å². The molecule has 1 atom stereocenters. The van der Waals surface area contributed by atoms with Gasteiger partial charge in [0, 0.05) is 41.1 Å². The van der Waals surface area contributed by atoms with Crippen LogP contribution in [0, 0.1) is 17.1 Å². The lowest BCUT2D eigenvalue weighted by Gasteiger charge is -2.34. The van der Waals surface area contributed by atoms with Crippen molar-refractivity contribution < 1.29 is 32.3 Å². The van der Waals surface area contributed by atoms with Gasteiger partial charge >= 0.3 is 12.2 Å². The van der Waals surface area contributed by atoms with Gasteiger partial charge < -0.3 is 19.5 Å². The number of benzene rings is 1. The lowest BCUT2D eigenvalue weighted by atomic mass is 9.89. The minimum Gasteiger partial charge on any atom is -0.485 e. The standard InChI is InChI=1S/C35H38ClFN8O6/c1-33(2,3)50-31(47)41-23-13-35(9-10-35)49-28-18(23)11-21(37)25(19(28)15-38)27-20(16-39-45(27)8)22-12-17-24(14-36)42-43-30(46)26(17)29(40-22)44(7)32(48)51-34(4,5)6/h11-12,16,23H,9-10,13-14H2,1-8H3,(H,41,47)(H,43,46)/i7D3. The number of aromatic amines is 1. The van der Waals surface area contributed by atoms with E-state index < -0.39 is 59.2 Å². The molecule has 1 aromatic carbocycles. The topological polar surface area (TPSA) is 177 Å². The fourth-order valence-corrected chi connectivity index (χ4v) is 6.26. The normalized spacial score (nSPS) is 17.3. The molecule has 2 N–H and O–H groups in total. The first-order valence-corrected chi connectivity index (χ1v) is 16.6. The number of amides is 2. The molecule has 0 saturated heterocycles. The quantitative estimate of drug-likeness (QED) is 0.219. The van der Waals surface area contributed by atoms with Gasteiger partial charge in [0.25, 0.3) is 5.56 Å². The summed E-state index contributed by atoms with van der Waals surface area (Å²) in [5, 5.41) is 23.8. The number of nitrogens with one attached hydrogen (secondary N) is 2. The molecule has 4 aromatic rings. The second kappa shape index (κ2) is 12.5. The van der Waals surface area contributed by atoms with Crippen molar-refractivity contribution in [3.8, 4) is 34.3 Å². The van der Waals surface area contributed by atoms with Crippen molar-refractivity contribution in [3.05, 3.63) is 51.3 Å². The highest BCUT2D eigenvalue weighted by molar-refractivity contribution is 6.18. The van der Waals surface area contributed by atoms with E-state index in [0.717, 1.165) is 0 Å². The minimum atomic E-state index is -3.21. The molecule has 0 radical (unpaired) electrons. The van der Waals surface area contributed by atoms with Crippen LogP contribution in [0.2, 0.25) is 0 Å². The van der Waals surface area contributed by atoms with Gasteiger partial charge in [-0.25, -0.2) is 24.1 Å². The third-order valence-corrected chi connectivity index (χ3v) is 8.59. The molecule has 0 bridgehead atoms. The second-order valence-corrected chi connectivity index (χ2v) is 14.8. The van der Waals surface area contributed by atoms with Gasteiger partial charge in [-0.1, -0.05) is 0 Å². The maximum Gasteiger partial charge on any atom is 0.415 e. The molecule has 14 nitrogen and oxygen atoms in total. The Morgan fingerprint density at radius 2 is 1.96 bits per heavy atom. The number of nitrogens with zero attached hydrogens (tertiary/aromatic N) is 6. The number of carbonyl (C=O) groups is 2. The van der Waals surface area contributed by atoms with Crippen LogP contribution in [0.25, 0.3) is 33.3 Å². The molecule has 16 heteroatoms. The molecular weight excluding hydrogens is 683 g/mol. The predicted octanol–water partition coefficient (Wildman–Crippen LogP) is 6.39. The molecule has 1 aliphatic carbocycles. The third-order valence-electron chi connectivity index (χ3n) is 8.34. The highest BCUT2D eigenvalue weighted by Gasteiger charge is 2.52. The van der Waals surface area contributed by atoms with Crippen molar-refractivity contribution in [3.63, 3.8) is 0 Å². The van der Waals surface area contributed by atoms with E-state index in [2.05, 4.69) is 31.7 Å². The minimum absolute atomic E-state index is 0.0308. The van der Waals surface area contributed by atoms with Crippen molar-refractivity contribution in [1.29, 1.82) is 5.26 Å². The Hall–Kier alpha value is -5.23. The van der Waals surface area contributed by atoms with Crippen molar-refractivity contribution in [2.75, 3.05) is 11.9 Å². The molecular formula is C35H38ClFN8O6. The lowest BCUT2D eigenvalue weighted by Crippen LogP contribution is -2.40. The summed E-state index contributed by atoms with van der Waals surface area (Å²) < 4.78 is 60.1. The van der Waals surface area contributed by atoms with E-state index in [0.29, 0.717) is 19.3 Å². The Kier molecular flexibility index (Phi) is 7.79. The molecule has 2 amide bonds. The SMILES string of the molecule is [2H]C([2H])([2H])N(C(=O)OC(C)(C)C)c1nc(-c2cnn(C)c2-c2c(F)cc3c(c2C#N)OC2(CC2)CC3NC(=O)OC(C)(C)C)cc2c(CCl)n[nH]c(=O)c12. The summed E-state index contributed by atoms with van der Waals surface area (Å²) in [6.07, 6.45) is 0.898. The van der Waals surface area contributed by atoms with Crippen LogP contribution in [0.3, 0.4) is 0 Å². The first-order chi connectivity index (χ1) is 25.1. The van der Waals surface area contributed by atoms with Crippen molar-refractivity contribution in [2.24, 2.45) is 7.05 Å². The number of aromatic nitrogens is 5. The number of carbonyl (C=O) groups excluding carboxylic acids is 2. The van der Waals surface area contributed by atoms with Crippen LogP contribution in [0.15, 0.2) is 23.1 Å². The van der Waals surface area contributed by atoms with Crippen molar-refractivity contribution >= 4 is 40.4 Å². The summed E-state index contributed by atoms with van der Waals surface area (Å²) in [5.41, 5.74) is -3.48. The molecule has 3 aromatic heterocycles. The number of alkyl halides is 1. The Morgan fingerprint density at radius 3 is 2.57 bits per heavy atom. The second-order valence-electron chi connectivity index (χ2n) is 14.6. The molecule has 51 heavy (non-hydrogen) atoms. The van der Waals surface area contributed by atoms with Crippen LogP contribution in [0.4, 0.5) is 19.8 Å². The van der Waals surface area contributed by atoms with Gasteiger partial charge in [0.2, 0.25) is 0 Å². The van der Waals surface area contributed by atoms with E-state index in [4.69, 9.17) is 29.9 Å². The van der Waals surface area contributed by atoms with Gasteiger partial charge in [-0.2, -0.15) is 15.5 Å². The highest BCUT2D eigenvalue weighted by atomic mass is 35.5. The summed E-state index contributed by atoms with van der Waals surface area (Å²) in [6.45, 7) is 6.56. The zero-order valence-electron chi connectivity index (χ0n) is 32.0. The molecule has 1 aliphatic heterocycles. The number of rotatable bonds is 5. The number of aryl methyl sites for hydroxylation is 1. The molecule has 1 saturated carbocycles. The molecule has 1 spiro atoms. The van der Waals surface area contributed by atoms with Gasteiger partial charge in [0.1, 0.15) is 40.0 Å². The summed E-state index contributed by atoms with van der Waals surface area (Å²) in [4.78, 5) is 44.5. The van der Waals surface area contributed by atoms with E-state index in [9.17, 15) is 19.6 Å². The van der Waals surface area contributed by atoms with Crippen molar-refractivity contribution in [1.82, 2.24) is 30.3 Å². The first-order valence-electron chi connectivity index (χ1n) is 17.6. The molecule has 4 heterocycles. The monoisotopic (exact) mass is 723 g/mol. The number of pyridine rings is 1. The number of nitriles is 1. The van der Waals surface area contributed by atoms with Crippen LogP contribution < -0.4 is 20.5 Å². The summed E-state index contributed by atoms with van der Waals surface area (Å²) >= 11 is 6.22.